The van der Waals surface area contributed by atoms with E-state index >= 15 is 0 Å². The van der Waals surface area contributed by atoms with Crippen molar-refractivity contribution in [2.45, 2.75) is 20.8 Å². The van der Waals surface area contributed by atoms with Crippen molar-refractivity contribution in [1.82, 2.24) is 14.5 Å². The standard InChI is InChI=1S/C23H19IN4/c1-14-10-19(8-9-20(14)24)28-15(2)11-17(16(28)3)12-18(13-25)23-26-21-6-4-5-7-22(21)27-23/h4-12H,1-3H3,(H,26,27)/b18-12+. The van der Waals surface area contributed by atoms with E-state index < -0.39 is 0 Å². The van der Waals surface area contributed by atoms with Gasteiger partial charge in [-0.3, -0.25) is 0 Å². The first-order valence-electron chi connectivity index (χ1n) is 9.00. The van der Waals surface area contributed by atoms with E-state index in [-0.39, 0.29) is 0 Å². The highest BCUT2D eigenvalue weighted by Crippen LogP contribution is 2.26. The fraction of sp³-hybridized carbons (Fsp3) is 0.130. The molecule has 4 aromatic rings. The van der Waals surface area contributed by atoms with Gasteiger partial charge in [0.15, 0.2) is 0 Å². The summed E-state index contributed by atoms with van der Waals surface area (Å²) in [5.41, 5.74) is 7.95. The average molecular weight is 478 g/mol. The van der Waals surface area contributed by atoms with Crippen LogP contribution in [-0.2, 0) is 0 Å². The Hall–Kier alpha value is -2.85. The molecule has 0 aliphatic heterocycles. The zero-order valence-corrected chi connectivity index (χ0v) is 18.1. The van der Waals surface area contributed by atoms with Crippen LogP contribution in [0.5, 0.6) is 0 Å². The lowest BCUT2D eigenvalue weighted by atomic mass is 10.1. The number of allylic oxidation sites excluding steroid dienone is 1. The van der Waals surface area contributed by atoms with Crippen LogP contribution in [0.15, 0.2) is 48.5 Å². The fourth-order valence-corrected chi connectivity index (χ4v) is 3.82. The first kappa shape index (κ1) is 18.5. The van der Waals surface area contributed by atoms with E-state index in [9.17, 15) is 5.26 Å². The van der Waals surface area contributed by atoms with Crippen LogP contribution in [0.25, 0.3) is 28.4 Å². The number of H-pyrrole nitrogens is 1. The van der Waals surface area contributed by atoms with Gasteiger partial charge in [-0.25, -0.2) is 4.98 Å². The van der Waals surface area contributed by atoms with Crippen molar-refractivity contribution in [3.8, 4) is 11.8 Å². The molecule has 4 rings (SSSR count). The van der Waals surface area contributed by atoms with E-state index in [1.54, 1.807) is 0 Å². The number of aryl methyl sites for hydroxylation is 2. The summed E-state index contributed by atoms with van der Waals surface area (Å²) in [6, 6.07) is 18.7. The minimum atomic E-state index is 0.523. The molecule has 2 heterocycles. The summed E-state index contributed by atoms with van der Waals surface area (Å²) in [7, 11) is 0. The molecule has 0 spiro atoms. The molecule has 4 nitrogen and oxygen atoms in total. The minimum absolute atomic E-state index is 0.523. The van der Waals surface area contributed by atoms with Gasteiger partial charge >= 0.3 is 0 Å². The summed E-state index contributed by atoms with van der Waals surface area (Å²) in [5.74, 6) is 0.596. The van der Waals surface area contributed by atoms with Gasteiger partial charge in [0.1, 0.15) is 11.9 Å². The first-order valence-corrected chi connectivity index (χ1v) is 10.1. The molecule has 138 valence electrons. The Morgan fingerprint density at radius 3 is 2.64 bits per heavy atom. The Labute approximate surface area is 177 Å². The fourth-order valence-electron chi connectivity index (χ4n) is 3.49. The molecule has 0 radical (unpaired) electrons. The Kier molecular flexibility index (Phi) is 4.82. The van der Waals surface area contributed by atoms with E-state index in [2.05, 4.69) is 88.2 Å². The van der Waals surface area contributed by atoms with Gasteiger partial charge in [0.05, 0.1) is 16.6 Å². The normalized spacial score (nSPS) is 11.8. The van der Waals surface area contributed by atoms with E-state index in [1.165, 1.54) is 9.13 Å². The van der Waals surface area contributed by atoms with Gasteiger partial charge in [0.25, 0.3) is 0 Å². The zero-order valence-electron chi connectivity index (χ0n) is 15.9. The predicted octanol–water partition coefficient (Wildman–Crippen LogP) is 5.95. The summed E-state index contributed by atoms with van der Waals surface area (Å²) in [6.45, 7) is 6.29. The van der Waals surface area contributed by atoms with Gasteiger partial charge < -0.3 is 9.55 Å². The number of hydrogen-bond donors (Lipinski definition) is 1. The van der Waals surface area contributed by atoms with Crippen molar-refractivity contribution in [3.05, 3.63) is 80.4 Å². The monoisotopic (exact) mass is 478 g/mol. The molecule has 0 saturated carbocycles. The highest BCUT2D eigenvalue weighted by atomic mass is 127. The van der Waals surface area contributed by atoms with Gasteiger partial charge in [0.2, 0.25) is 0 Å². The van der Waals surface area contributed by atoms with Crippen LogP contribution in [0.3, 0.4) is 0 Å². The van der Waals surface area contributed by atoms with Crippen LogP contribution in [-0.4, -0.2) is 14.5 Å². The lowest BCUT2D eigenvalue weighted by Crippen LogP contribution is -2.00. The largest absolute Gasteiger partial charge is 0.337 e. The number of halogens is 1. The second-order valence-corrected chi connectivity index (χ2v) is 8.03. The van der Waals surface area contributed by atoms with E-state index in [4.69, 9.17) is 0 Å². The SMILES string of the molecule is Cc1cc(-n2c(C)cc(/C=C(\C#N)c3nc4ccccc4[nH]3)c2C)ccc1I. The van der Waals surface area contributed by atoms with Crippen molar-refractivity contribution >= 4 is 45.3 Å². The quantitative estimate of drug-likeness (QED) is 0.292. The zero-order chi connectivity index (χ0) is 19.8. The third kappa shape index (κ3) is 3.25. The first-order chi connectivity index (χ1) is 13.5. The maximum absolute atomic E-state index is 9.73. The Morgan fingerprint density at radius 1 is 1.14 bits per heavy atom. The molecule has 0 unspecified atom stereocenters. The molecule has 1 N–H and O–H groups in total. The number of nitrogens with one attached hydrogen (secondary N) is 1. The summed E-state index contributed by atoms with van der Waals surface area (Å²) < 4.78 is 3.48. The molecular formula is C23H19IN4. The Morgan fingerprint density at radius 2 is 1.93 bits per heavy atom. The van der Waals surface area contributed by atoms with Crippen LogP contribution >= 0.6 is 22.6 Å². The van der Waals surface area contributed by atoms with Crippen molar-refractivity contribution in [3.63, 3.8) is 0 Å². The van der Waals surface area contributed by atoms with Crippen molar-refractivity contribution in [1.29, 1.82) is 5.26 Å². The van der Waals surface area contributed by atoms with Crippen LogP contribution in [0.4, 0.5) is 0 Å². The lowest BCUT2D eigenvalue weighted by molar-refractivity contribution is 0.961. The number of rotatable bonds is 3. The van der Waals surface area contributed by atoms with Gasteiger partial charge in [0, 0.05) is 20.6 Å². The number of para-hydroxylation sites is 2. The predicted molar refractivity (Wildman–Crippen MR) is 122 cm³/mol. The molecular weight excluding hydrogens is 459 g/mol. The summed E-state index contributed by atoms with van der Waals surface area (Å²) in [5, 5.41) is 9.73. The molecule has 0 fully saturated rings. The topological polar surface area (TPSA) is 57.4 Å². The highest BCUT2D eigenvalue weighted by Gasteiger charge is 2.13. The van der Waals surface area contributed by atoms with Crippen molar-refractivity contribution < 1.29 is 0 Å². The number of aromatic nitrogens is 3. The number of nitrogens with zero attached hydrogens (tertiary/aromatic N) is 3. The highest BCUT2D eigenvalue weighted by molar-refractivity contribution is 14.1. The van der Waals surface area contributed by atoms with Gasteiger partial charge in [-0.15, -0.1) is 0 Å². The van der Waals surface area contributed by atoms with E-state index in [0.29, 0.717) is 11.4 Å². The Bertz CT molecular complexity index is 1230. The molecule has 0 atom stereocenters. The molecule has 0 amide bonds. The maximum Gasteiger partial charge on any atom is 0.149 e. The third-order valence-corrected chi connectivity index (χ3v) is 6.15. The number of fused-ring (bicyclic) bond motifs is 1. The van der Waals surface area contributed by atoms with Crippen molar-refractivity contribution in [2.24, 2.45) is 0 Å². The van der Waals surface area contributed by atoms with Gasteiger partial charge in [-0.1, -0.05) is 12.1 Å². The minimum Gasteiger partial charge on any atom is -0.337 e. The molecule has 0 saturated heterocycles. The van der Waals surface area contributed by atoms with Gasteiger partial charge in [-0.2, -0.15) is 5.26 Å². The number of imidazole rings is 1. The van der Waals surface area contributed by atoms with Crippen LogP contribution in [0.1, 0.15) is 28.3 Å². The van der Waals surface area contributed by atoms with Crippen LogP contribution in [0.2, 0.25) is 0 Å². The molecule has 28 heavy (non-hydrogen) atoms. The third-order valence-electron chi connectivity index (χ3n) is 4.93. The number of aromatic amines is 1. The molecule has 0 aliphatic rings. The van der Waals surface area contributed by atoms with E-state index in [1.807, 2.05) is 30.3 Å². The molecule has 5 heteroatoms. The van der Waals surface area contributed by atoms with E-state index in [0.717, 1.165) is 33.7 Å². The summed E-state index contributed by atoms with van der Waals surface area (Å²) in [4.78, 5) is 7.81. The maximum atomic E-state index is 9.73. The Balaban J connectivity index is 1.80. The number of benzene rings is 2. The number of nitriles is 1. The van der Waals surface area contributed by atoms with Gasteiger partial charge in [-0.05, 0) is 97.0 Å². The van der Waals surface area contributed by atoms with Crippen LogP contribution < -0.4 is 0 Å². The second-order valence-electron chi connectivity index (χ2n) is 6.87. The van der Waals surface area contributed by atoms with Crippen molar-refractivity contribution in [2.75, 3.05) is 0 Å². The van der Waals surface area contributed by atoms with Crippen LogP contribution in [0, 0.1) is 35.7 Å². The average Bonchev–Trinajstić information content (AvgIpc) is 3.23. The lowest BCUT2D eigenvalue weighted by Gasteiger charge is -2.11. The molecule has 2 aromatic carbocycles. The second kappa shape index (κ2) is 7.28. The summed E-state index contributed by atoms with van der Waals surface area (Å²) in [6.07, 6.45) is 1.91. The smallest absolute Gasteiger partial charge is 0.149 e. The molecule has 2 aromatic heterocycles. The molecule has 0 bridgehead atoms. The molecule has 0 aliphatic carbocycles. The number of hydrogen-bond acceptors (Lipinski definition) is 2. The summed E-state index contributed by atoms with van der Waals surface area (Å²) >= 11 is 2.35.